The van der Waals surface area contributed by atoms with E-state index in [1.165, 1.54) is 29.9 Å². The maximum Gasteiger partial charge on any atom is 0.308 e. The van der Waals surface area contributed by atoms with E-state index in [4.69, 9.17) is 21.1 Å². The van der Waals surface area contributed by atoms with Gasteiger partial charge in [0.15, 0.2) is 17.3 Å². The fourth-order valence-electron chi connectivity index (χ4n) is 2.72. The van der Waals surface area contributed by atoms with Crippen LogP contribution < -0.4 is 19.6 Å². The van der Waals surface area contributed by atoms with E-state index in [1.54, 1.807) is 48.5 Å². The van der Waals surface area contributed by atoms with Crippen LogP contribution in [0.4, 0.5) is 0 Å². The van der Waals surface area contributed by atoms with Gasteiger partial charge in [-0.25, -0.2) is 0 Å². The van der Waals surface area contributed by atoms with Gasteiger partial charge >= 0.3 is 5.97 Å². The first-order valence-electron chi connectivity index (χ1n) is 8.48. The molecule has 0 aliphatic carbocycles. The molecule has 2 heterocycles. The zero-order valence-electron chi connectivity index (χ0n) is 15.4. The number of rotatable bonds is 4. The number of nitrogens with zero attached hydrogens (tertiary/aromatic N) is 3. The maximum absolute atomic E-state index is 12.7. The minimum Gasteiger partial charge on any atom is -0.493 e. The molecule has 0 radical (unpaired) electrons. The van der Waals surface area contributed by atoms with Gasteiger partial charge in [-0.2, -0.15) is 9.50 Å². The standard InChI is InChI=1S/C20H14ClN3O4S/c1-11(25)28-15-8-3-12(9-16(15)27-2)10-17-19(26)24-20(29-17)22-18(23-24)13-4-6-14(21)7-5-13/h3-10H,1-2H3. The summed E-state index contributed by atoms with van der Waals surface area (Å²) in [4.78, 5) is 28.8. The fourth-order valence-corrected chi connectivity index (χ4v) is 3.75. The molecule has 0 atom stereocenters. The first kappa shape index (κ1) is 19.1. The number of ether oxygens (including phenoxy) is 2. The Balaban J connectivity index is 1.73. The molecule has 2 aromatic carbocycles. The van der Waals surface area contributed by atoms with Gasteiger partial charge in [-0.05, 0) is 48.0 Å². The highest BCUT2D eigenvalue weighted by atomic mass is 35.5. The molecule has 0 saturated carbocycles. The number of hydrogen-bond acceptors (Lipinski definition) is 7. The highest BCUT2D eigenvalue weighted by Crippen LogP contribution is 2.28. The Morgan fingerprint density at radius 1 is 1.17 bits per heavy atom. The van der Waals surface area contributed by atoms with Crippen LogP contribution in [0.2, 0.25) is 5.02 Å². The minimum absolute atomic E-state index is 0.263. The van der Waals surface area contributed by atoms with Crippen LogP contribution in [-0.2, 0) is 4.79 Å². The summed E-state index contributed by atoms with van der Waals surface area (Å²) in [6.07, 6.45) is 1.71. The molecule has 146 valence electrons. The van der Waals surface area contributed by atoms with Crippen molar-refractivity contribution in [1.29, 1.82) is 0 Å². The number of methoxy groups -OCH3 is 1. The zero-order chi connectivity index (χ0) is 20.5. The Morgan fingerprint density at radius 3 is 2.59 bits per heavy atom. The van der Waals surface area contributed by atoms with E-state index < -0.39 is 5.97 Å². The topological polar surface area (TPSA) is 82.8 Å². The van der Waals surface area contributed by atoms with Gasteiger partial charge in [-0.3, -0.25) is 9.59 Å². The molecule has 7 nitrogen and oxygen atoms in total. The van der Waals surface area contributed by atoms with Crippen molar-refractivity contribution >= 4 is 39.9 Å². The van der Waals surface area contributed by atoms with Gasteiger partial charge in [-0.1, -0.05) is 29.0 Å². The van der Waals surface area contributed by atoms with Gasteiger partial charge in [0.2, 0.25) is 4.96 Å². The average molecular weight is 428 g/mol. The van der Waals surface area contributed by atoms with Crippen LogP contribution in [0.15, 0.2) is 47.3 Å². The van der Waals surface area contributed by atoms with Gasteiger partial charge in [0, 0.05) is 17.5 Å². The molecule has 0 N–H and O–H groups in total. The Labute approximate surface area is 173 Å². The molecular formula is C20H14ClN3O4S. The van der Waals surface area contributed by atoms with E-state index in [1.807, 2.05) is 0 Å². The van der Waals surface area contributed by atoms with Gasteiger partial charge in [0.05, 0.1) is 11.6 Å². The molecule has 0 unspecified atom stereocenters. The van der Waals surface area contributed by atoms with Gasteiger partial charge < -0.3 is 9.47 Å². The summed E-state index contributed by atoms with van der Waals surface area (Å²) >= 11 is 7.14. The van der Waals surface area contributed by atoms with Crippen molar-refractivity contribution in [3.63, 3.8) is 0 Å². The summed E-state index contributed by atoms with van der Waals surface area (Å²) in [7, 11) is 1.48. The number of benzene rings is 2. The molecule has 29 heavy (non-hydrogen) atoms. The number of thiazole rings is 1. The number of fused-ring (bicyclic) bond motifs is 1. The minimum atomic E-state index is -0.441. The highest BCUT2D eigenvalue weighted by molar-refractivity contribution is 7.15. The van der Waals surface area contributed by atoms with Crippen LogP contribution in [0.5, 0.6) is 11.5 Å². The molecule has 0 spiro atoms. The summed E-state index contributed by atoms with van der Waals surface area (Å²) in [6.45, 7) is 1.32. The lowest BCUT2D eigenvalue weighted by molar-refractivity contribution is -0.132. The second-order valence-electron chi connectivity index (χ2n) is 6.06. The van der Waals surface area contributed by atoms with Crippen LogP contribution in [0, 0.1) is 0 Å². The third kappa shape index (κ3) is 3.85. The summed E-state index contributed by atoms with van der Waals surface area (Å²) < 4.78 is 12.1. The lowest BCUT2D eigenvalue weighted by Crippen LogP contribution is -2.23. The van der Waals surface area contributed by atoms with Crippen molar-refractivity contribution in [2.24, 2.45) is 0 Å². The molecule has 0 aliphatic heterocycles. The first-order valence-corrected chi connectivity index (χ1v) is 9.68. The molecule has 0 aliphatic rings. The van der Waals surface area contributed by atoms with Crippen LogP contribution in [-0.4, -0.2) is 27.7 Å². The van der Waals surface area contributed by atoms with E-state index in [0.717, 1.165) is 11.1 Å². The largest absolute Gasteiger partial charge is 0.493 e. The van der Waals surface area contributed by atoms with Gasteiger partial charge in [0.1, 0.15) is 0 Å². The molecule has 0 amide bonds. The van der Waals surface area contributed by atoms with Crippen molar-refractivity contribution in [2.75, 3.05) is 7.11 Å². The molecule has 4 aromatic rings. The van der Waals surface area contributed by atoms with Gasteiger partial charge in [-0.15, -0.1) is 5.10 Å². The summed E-state index contributed by atoms with van der Waals surface area (Å²) in [5, 5.41) is 4.93. The van der Waals surface area contributed by atoms with E-state index in [0.29, 0.717) is 31.8 Å². The van der Waals surface area contributed by atoms with E-state index in [-0.39, 0.29) is 5.56 Å². The number of hydrogen-bond donors (Lipinski definition) is 0. The number of halogens is 1. The molecular weight excluding hydrogens is 414 g/mol. The Bertz CT molecular complexity index is 1330. The Morgan fingerprint density at radius 2 is 1.93 bits per heavy atom. The Hall–Kier alpha value is -3.23. The van der Waals surface area contributed by atoms with Crippen LogP contribution >= 0.6 is 22.9 Å². The molecule has 2 aromatic heterocycles. The predicted octanol–water partition coefficient (Wildman–Crippen LogP) is 2.95. The van der Waals surface area contributed by atoms with Gasteiger partial charge in [0.25, 0.3) is 5.56 Å². The molecule has 9 heteroatoms. The molecule has 0 bridgehead atoms. The van der Waals surface area contributed by atoms with Crippen molar-refractivity contribution in [1.82, 2.24) is 14.6 Å². The summed E-state index contributed by atoms with van der Waals surface area (Å²) in [5.41, 5.74) is 1.24. The highest BCUT2D eigenvalue weighted by Gasteiger charge is 2.13. The molecule has 4 rings (SSSR count). The third-order valence-corrected chi connectivity index (χ3v) is 5.23. The second-order valence-corrected chi connectivity index (χ2v) is 7.50. The third-order valence-electron chi connectivity index (χ3n) is 4.02. The summed E-state index contributed by atoms with van der Waals surface area (Å²) in [5.74, 6) is 0.730. The number of esters is 1. The monoisotopic (exact) mass is 427 g/mol. The SMILES string of the molecule is COc1cc(C=c2sc3nc(-c4ccc(Cl)cc4)nn3c2=O)ccc1OC(C)=O. The predicted molar refractivity (Wildman–Crippen MR) is 111 cm³/mol. The normalized spacial score (nSPS) is 11.8. The number of carbonyl (C=O) groups is 1. The van der Waals surface area contributed by atoms with Crippen molar-refractivity contribution in [3.8, 4) is 22.9 Å². The first-order chi connectivity index (χ1) is 13.9. The van der Waals surface area contributed by atoms with Crippen molar-refractivity contribution in [2.45, 2.75) is 6.92 Å². The Kier molecular flexibility index (Phi) is 5.04. The number of carbonyl (C=O) groups excluding carboxylic acids is 1. The average Bonchev–Trinajstić information content (AvgIpc) is 3.23. The molecule has 0 fully saturated rings. The second kappa shape index (κ2) is 7.65. The van der Waals surface area contributed by atoms with Crippen LogP contribution in [0.25, 0.3) is 22.4 Å². The lowest BCUT2D eigenvalue weighted by atomic mass is 10.2. The summed E-state index contributed by atoms with van der Waals surface area (Å²) in [6, 6.07) is 12.1. The van der Waals surface area contributed by atoms with E-state index >= 15 is 0 Å². The zero-order valence-corrected chi connectivity index (χ0v) is 17.0. The van der Waals surface area contributed by atoms with Crippen molar-refractivity contribution < 1.29 is 14.3 Å². The van der Waals surface area contributed by atoms with E-state index in [2.05, 4.69) is 10.1 Å². The fraction of sp³-hybridized carbons (Fsp3) is 0.100. The lowest BCUT2D eigenvalue weighted by Gasteiger charge is -2.08. The van der Waals surface area contributed by atoms with Crippen LogP contribution in [0.1, 0.15) is 12.5 Å². The number of aromatic nitrogens is 3. The van der Waals surface area contributed by atoms with Crippen molar-refractivity contribution in [3.05, 3.63) is 67.9 Å². The maximum atomic E-state index is 12.7. The quantitative estimate of drug-likeness (QED) is 0.368. The smallest absolute Gasteiger partial charge is 0.308 e. The van der Waals surface area contributed by atoms with Crippen LogP contribution in [0.3, 0.4) is 0 Å². The molecule has 0 saturated heterocycles. The van der Waals surface area contributed by atoms with E-state index in [9.17, 15) is 9.59 Å².